The molecular weight excluding hydrogens is 346 g/mol. The highest BCUT2D eigenvalue weighted by atomic mass is 16.5. The van der Waals surface area contributed by atoms with Crippen LogP contribution in [0.1, 0.15) is 18.1 Å². The average molecular weight is 369 g/mol. The summed E-state index contributed by atoms with van der Waals surface area (Å²) >= 11 is 0. The quantitative estimate of drug-likeness (QED) is 0.514. The fourth-order valence-electron chi connectivity index (χ4n) is 2.71. The third-order valence-corrected chi connectivity index (χ3v) is 4.28. The largest absolute Gasteiger partial charge is 0.495 e. The van der Waals surface area contributed by atoms with Crippen LogP contribution in [-0.4, -0.2) is 31.3 Å². The van der Waals surface area contributed by atoms with Crippen molar-refractivity contribution in [3.8, 4) is 5.75 Å². The van der Waals surface area contributed by atoms with Gasteiger partial charge < -0.3 is 20.7 Å². The Balaban J connectivity index is 2.10. The second kappa shape index (κ2) is 9.49. The molecular formula is C20H23N3O4. The van der Waals surface area contributed by atoms with E-state index in [1.165, 1.54) is 18.9 Å². The smallest absolute Gasteiger partial charge is 0.289 e. The van der Waals surface area contributed by atoms with Crippen molar-refractivity contribution in [3.63, 3.8) is 0 Å². The molecule has 3 N–H and O–H groups in total. The van der Waals surface area contributed by atoms with Gasteiger partial charge in [0.1, 0.15) is 11.8 Å². The number of ketones is 1. The molecule has 0 radical (unpaired) electrons. The van der Waals surface area contributed by atoms with Gasteiger partial charge in [-0.25, -0.2) is 0 Å². The molecule has 7 nitrogen and oxygen atoms in total. The van der Waals surface area contributed by atoms with E-state index in [-0.39, 0.29) is 6.54 Å². The van der Waals surface area contributed by atoms with Crippen LogP contribution in [0.15, 0.2) is 48.5 Å². The van der Waals surface area contributed by atoms with Gasteiger partial charge in [0.05, 0.1) is 12.8 Å². The maximum Gasteiger partial charge on any atom is 0.289 e. The second-order valence-electron chi connectivity index (χ2n) is 5.88. The van der Waals surface area contributed by atoms with Crippen molar-refractivity contribution in [1.29, 1.82) is 0 Å². The van der Waals surface area contributed by atoms with E-state index in [9.17, 15) is 14.4 Å². The number of methoxy groups -OCH3 is 1. The highest BCUT2D eigenvalue weighted by Crippen LogP contribution is 2.28. The molecule has 0 saturated heterocycles. The summed E-state index contributed by atoms with van der Waals surface area (Å²) in [5.74, 6) is -1.06. The van der Waals surface area contributed by atoms with E-state index in [1.807, 2.05) is 24.3 Å². The summed E-state index contributed by atoms with van der Waals surface area (Å²) < 4.78 is 5.23. The second-order valence-corrected chi connectivity index (χ2v) is 5.88. The van der Waals surface area contributed by atoms with Crippen LogP contribution < -0.4 is 20.7 Å². The van der Waals surface area contributed by atoms with Crippen molar-refractivity contribution in [2.45, 2.75) is 26.1 Å². The van der Waals surface area contributed by atoms with Gasteiger partial charge in [-0.3, -0.25) is 14.4 Å². The predicted molar refractivity (Wildman–Crippen MR) is 102 cm³/mol. The molecule has 0 spiro atoms. The van der Waals surface area contributed by atoms with E-state index in [0.29, 0.717) is 24.4 Å². The summed E-state index contributed by atoms with van der Waals surface area (Å²) in [5.41, 5.74) is 7.82. The Labute approximate surface area is 158 Å². The van der Waals surface area contributed by atoms with E-state index in [1.54, 1.807) is 24.3 Å². The minimum atomic E-state index is -0.983. The number of nitrogens with one attached hydrogen (secondary N) is 1. The number of amides is 2. The van der Waals surface area contributed by atoms with E-state index in [2.05, 4.69) is 5.32 Å². The molecule has 0 aliphatic rings. The molecule has 1 atom stereocenters. The van der Waals surface area contributed by atoms with Gasteiger partial charge >= 0.3 is 0 Å². The fourth-order valence-corrected chi connectivity index (χ4v) is 2.71. The van der Waals surface area contributed by atoms with Crippen molar-refractivity contribution in [1.82, 2.24) is 5.32 Å². The number of nitrogens with zero attached hydrogens (tertiary/aromatic N) is 1. The Bertz CT molecular complexity index is 822. The number of carbonyl (C=O) groups is 3. The number of ether oxygens (including phenoxy) is 1. The van der Waals surface area contributed by atoms with Crippen LogP contribution >= 0.6 is 0 Å². The molecule has 0 aliphatic carbocycles. The predicted octanol–water partition coefficient (Wildman–Crippen LogP) is 1.39. The number of nitrogens with two attached hydrogens (primary N) is 1. The van der Waals surface area contributed by atoms with Crippen LogP contribution in [0.2, 0.25) is 0 Å². The van der Waals surface area contributed by atoms with E-state index in [4.69, 9.17) is 10.5 Å². The molecule has 0 fully saturated rings. The first kappa shape index (κ1) is 20.1. The minimum absolute atomic E-state index is 0.181. The van der Waals surface area contributed by atoms with Crippen molar-refractivity contribution >= 4 is 23.8 Å². The van der Waals surface area contributed by atoms with Gasteiger partial charge in [-0.15, -0.1) is 0 Å². The summed E-state index contributed by atoms with van der Waals surface area (Å²) in [5, 5.41) is 2.60. The third kappa shape index (κ3) is 4.71. The molecule has 1 unspecified atom stereocenters. The SMILES string of the molecule is COc1ccccc1N(C=O)C(C)C(=O)C(=O)NCc1ccccc1CN. The van der Waals surface area contributed by atoms with Gasteiger partial charge in [-0.05, 0) is 30.2 Å². The molecule has 2 rings (SSSR count). The zero-order chi connectivity index (χ0) is 19.8. The summed E-state index contributed by atoms with van der Waals surface area (Å²) in [4.78, 5) is 37.6. The first-order chi connectivity index (χ1) is 13.0. The molecule has 0 saturated carbocycles. The monoisotopic (exact) mass is 369 g/mol. The normalized spacial score (nSPS) is 11.4. The number of Topliss-reactive ketones (excluding diaryl/α,β-unsaturated/α-hetero) is 1. The number of para-hydroxylation sites is 2. The average Bonchev–Trinajstić information content (AvgIpc) is 2.72. The van der Waals surface area contributed by atoms with Crippen molar-refractivity contribution in [2.75, 3.05) is 12.0 Å². The zero-order valence-corrected chi connectivity index (χ0v) is 15.3. The molecule has 142 valence electrons. The van der Waals surface area contributed by atoms with Crippen LogP contribution in [0, 0.1) is 0 Å². The summed E-state index contributed by atoms with van der Waals surface area (Å²) in [6.07, 6.45) is 0.511. The first-order valence-electron chi connectivity index (χ1n) is 8.49. The van der Waals surface area contributed by atoms with Crippen molar-refractivity contribution in [2.24, 2.45) is 5.73 Å². The highest BCUT2D eigenvalue weighted by molar-refractivity contribution is 6.39. The Kier molecular flexibility index (Phi) is 7.08. The van der Waals surface area contributed by atoms with E-state index >= 15 is 0 Å². The standard InChI is InChI=1S/C20H23N3O4/c1-14(23(13-24)17-9-5-6-10-18(17)27-2)19(25)20(26)22-12-16-8-4-3-7-15(16)11-21/h3-10,13-14H,11-12,21H2,1-2H3,(H,22,26). The van der Waals surface area contributed by atoms with Gasteiger partial charge in [0.2, 0.25) is 12.2 Å². The van der Waals surface area contributed by atoms with Gasteiger partial charge in [0.15, 0.2) is 0 Å². The summed E-state index contributed by atoms with van der Waals surface area (Å²) in [6.45, 7) is 2.01. The Morgan fingerprint density at radius 2 is 1.78 bits per heavy atom. The van der Waals surface area contributed by atoms with Gasteiger partial charge in [0, 0.05) is 13.1 Å². The zero-order valence-electron chi connectivity index (χ0n) is 15.3. The van der Waals surface area contributed by atoms with Crippen molar-refractivity contribution in [3.05, 3.63) is 59.7 Å². The maximum absolute atomic E-state index is 12.5. The lowest BCUT2D eigenvalue weighted by Crippen LogP contribution is -2.45. The molecule has 0 aliphatic heterocycles. The number of hydrogen-bond donors (Lipinski definition) is 2. The number of rotatable bonds is 9. The number of hydrogen-bond acceptors (Lipinski definition) is 5. The highest BCUT2D eigenvalue weighted by Gasteiger charge is 2.28. The van der Waals surface area contributed by atoms with E-state index < -0.39 is 17.7 Å². The molecule has 7 heteroatoms. The maximum atomic E-state index is 12.5. The summed E-state index contributed by atoms with van der Waals surface area (Å²) in [7, 11) is 1.47. The molecule has 0 aromatic heterocycles. The first-order valence-corrected chi connectivity index (χ1v) is 8.49. The molecule has 0 heterocycles. The van der Waals surface area contributed by atoms with Gasteiger partial charge in [-0.2, -0.15) is 0 Å². The fraction of sp³-hybridized carbons (Fsp3) is 0.250. The Morgan fingerprint density at radius 1 is 1.15 bits per heavy atom. The van der Waals surface area contributed by atoms with Gasteiger partial charge in [-0.1, -0.05) is 36.4 Å². The molecule has 2 aromatic carbocycles. The molecule has 2 aromatic rings. The van der Waals surface area contributed by atoms with Crippen LogP contribution in [-0.2, 0) is 27.5 Å². The number of carbonyl (C=O) groups excluding carboxylic acids is 3. The lowest BCUT2D eigenvalue weighted by Gasteiger charge is -2.25. The van der Waals surface area contributed by atoms with Crippen molar-refractivity contribution < 1.29 is 19.1 Å². The molecule has 27 heavy (non-hydrogen) atoms. The van der Waals surface area contributed by atoms with Crippen LogP contribution in [0.5, 0.6) is 5.75 Å². The minimum Gasteiger partial charge on any atom is -0.495 e. The summed E-state index contributed by atoms with van der Waals surface area (Å²) in [6, 6.07) is 13.2. The van der Waals surface area contributed by atoms with Gasteiger partial charge in [0.25, 0.3) is 5.91 Å². The number of benzene rings is 2. The molecule has 2 amide bonds. The Morgan fingerprint density at radius 3 is 2.41 bits per heavy atom. The molecule has 0 bridgehead atoms. The lowest BCUT2D eigenvalue weighted by molar-refractivity contribution is -0.138. The lowest BCUT2D eigenvalue weighted by atomic mass is 10.1. The third-order valence-electron chi connectivity index (χ3n) is 4.28. The number of anilines is 1. The van der Waals surface area contributed by atoms with Crippen LogP contribution in [0.4, 0.5) is 5.69 Å². The van der Waals surface area contributed by atoms with Crippen LogP contribution in [0.25, 0.3) is 0 Å². The van der Waals surface area contributed by atoms with E-state index in [0.717, 1.165) is 11.1 Å². The Hall–Kier alpha value is -3.19. The topological polar surface area (TPSA) is 102 Å². The van der Waals surface area contributed by atoms with Crippen LogP contribution in [0.3, 0.4) is 0 Å².